The Kier molecular flexibility index (Phi) is 3.95. The van der Waals surface area contributed by atoms with Gasteiger partial charge in [0.05, 0.1) is 0 Å². The lowest BCUT2D eigenvalue weighted by Crippen LogP contribution is -2.53. The smallest absolute Gasteiger partial charge is 0.412 e. The Labute approximate surface area is 147 Å². The van der Waals surface area contributed by atoms with Crippen LogP contribution in [-0.2, 0) is 4.74 Å². The number of hydroxylamine groups is 2. The van der Waals surface area contributed by atoms with Gasteiger partial charge in [-0.25, -0.2) is 9.86 Å². The predicted molar refractivity (Wildman–Crippen MR) is 91.3 cm³/mol. The first-order chi connectivity index (χ1) is 11.9. The lowest BCUT2D eigenvalue weighted by atomic mass is 9.54. The lowest BCUT2D eigenvalue weighted by Gasteiger charge is -2.55. The maximum absolute atomic E-state index is 12.4. The van der Waals surface area contributed by atoms with Crippen molar-refractivity contribution in [3.8, 4) is 0 Å². The molecular weight excluding hydrogens is 320 g/mol. The average molecular weight is 344 g/mol. The molecule has 2 N–H and O–H groups in total. The molecule has 0 saturated heterocycles. The van der Waals surface area contributed by atoms with Gasteiger partial charge >= 0.3 is 6.09 Å². The van der Waals surface area contributed by atoms with E-state index in [1.807, 2.05) is 0 Å². The van der Waals surface area contributed by atoms with Crippen molar-refractivity contribution in [2.75, 3.05) is 12.4 Å². The fraction of sp³-hybridized carbons (Fsp3) is 0.579. The first-order valence-corrected chi connectivity index (χ1v) is 8.99. The molecule has 0 aromatic heterocycles. The van der Waals surface area contributed by atoms with Crippen LogP contribution in [0.25, 0.3) is 0 Å². The summed E-state index contributed by atoms with van der Waals surface area (Å²) in [5.74, 6) is 1.67. The number of hydrogen-bond acceptors (Lipinski definition) is 4. The van der Waals surface area contributed by atoms with Crippen molar-refractivity contribution in [1.82, 2.24) is 5.06 Å². The van der Waals surface area contributed by atoms with Gasteiger partial charge in [-0.3, -0.25) is 15.3 Å². The van der Waals surface area contributed by atoms with Crippen molar-refractivity contribution in [3.63, 3.8) is 0 Å². The van der Waals surface area contributed by atoms with E-state index in [9.17, 15) is 14.8 Å². The Hall–Kier alpha value is -2.08. The molecule has 1 aromatic rings. The highest BCUT2D eigenvalue weighted by Crippen LogP contribution is 2.57. The monoisotopic (exact) mass is 344 g/mol. The minimum Gasteiger partial charge on any atom is -0.443 e. The van der Waals surface area contributed by atoms with Crippen LogP contribution in [0.2, 0.25) is 0 Å². The van der Waals surface area contributed by atoms with Gasteiger partial charge in [0.15, 0.2) is 0 Å². The van der Waals surface area contributed by atoms with E-state index >= 15 is 0 Å². The second-order valence-corrected chi connectivity index (χ2v) is 8.02. The summed E-state index contributed by atoms with van der Waals surface area (Å²) in [7, 11) is 1.28. The molecule has 4 aliphatic carbocycles. The van der Waals surface area contributed by atoms with E-state index < -0.39 is 12.0 Å². The number of anilines is 1. The Morgan fingerprint density at radius 1 is 1.08 bits per heavy atom. The molecule has 0 radical (unpaired) electrons. The van der Waals surface area contributed by atoms with Crippen molar-refractivity contribution in [2.45, 2.75) is 44.1 Å². The fourth-order valence-corrected chi connectivity index (χ4v) is 5.38. The minimum absolute atomic E-state index is 0.270. The van der Waals surface area contributed by atoms with Crippen molar-refractivity contribution in [3.05, 3.63) is 29.8 Å². The molecular formula is C19H24N2O4. The topological polar surface area (TPSA) is 78.9 Å². The molecule has 2 amide bonds. The van der Waals surface area contributed by atoms with E-state index in [0.717, 1.165) is 37.0 Å². The van der Waals surface area contributed by atoms with Gasteiger partial charge < -0.3 is 4.74 Å². The Morgan fingerprint density at radius 2 is 1.60 bits per heavy atom. The minimum atomic E-state index is -0.498. The number of carbonyl (C=O) groups excluding carboxylic acids is 2. The number of carbonyl (C=O) groups is 2. The lowest BCUT2D eigenvalue weighted by molar-refractivity contribution is -0.124. The molecule has 0 heterocycles. The van der Waals surface area contributed by atoms with Crippen molar-refractivity contribution >= 4 is 17.7 Å². The molecule has 4 fully saturated rings. The maximum Gasteiger partial charge on any atom is 0.412 e. The van der Waals surface area contributed by atoms with Gasteiger partial charge in [0.25, 0.3) is 5.91 Å². The number of hydrogen-bond donors (Lipinski definition) is 2. The van der Waals surface area contributed by atoms with Crippen LogP contribution in [0, 0.1) is 17.8 Å². The molecule has 4 saturated carbocycles. The summed E-state index contributed by atoms with van der Waals surface area (Å²) in [6.07, 6.45) is 6.51. The Bertz CT molecular complexity index is 648. The molecule has 134 valence electrons. The summed E-state index contributed by atoms with van der Waals surface area (Å²) in [5.41, 5.74) is 0.658. The Balaban J connectivity index is 1.39. The summed E-state index contributed by atoms with van der Waals surface area (Å²) in [4.78, 5) is 24.0. The van der Waals surface area contributed by atoms with Crippen molar-refractivity contribution in [2.24, 2.45) is 17.8 Å². The zero-order valence-corrected chi connectivity index (χ0v) is 14.4. The maximum atomic E-state index is 12.4. The molecule has 0 unspecified atom stereocenters. The van der Waals surface area contributed by atoms with Crippen LogP contribution in [0.4, 0.5) is 10.5 Å². The number of rotatable bonds is 3. The average Bonchev–Trinajstić information content (AvgIpc) is 2.52. The zero-order chi connectivity index (χ0) is 17.6. The second-order valence-electron chi connectivity index (χ2n) is 8.02. The van der Waals surface area contributed by atoms with Crippen molar-refractivity contribution in [1.29, 1.82) is 0 Å². The molecule has 4 aliphatic rings. The van der Waals surface area contributed by atoms with Gasteiger partial charge in [0, 0.05) is 18.3 Å². The first kappa shape index (κ1) is 16.4. The Morgan fingerprint density at radius 3 is 2.08 bits per heavy atom. The molecule has 0 aliphatic heterocycles. The predicted octanol–water partition coefficient (Wildman–Crippen LogP) is 3.67. The standard InChI is InChI=1S/C19H24N2O4/c1-21(24)17(22)15-2-4-16(5-3-15)20-18(23)25-19-9-12-6-13(10-19)8-14(7-12)11-19/h2-5,12-14,24H,6-11H2,1H3,(H,20,23). The van der Waals surface area contributed by atoms with E-state index in [-0.39, 0.29) is 5.60 Å². The van der Waals surface area contributed by atoms with Crippen LogP contribution >= 0.6 is 0 Å². The number of amides is 2. The van der Waals surface area contributed by atoms with Crippen LogP contribution in [-0.4, -0.2) is 34.9 Å². The highest BCUT2D eigenvalue weighted by molar-refractivity contribution is 5.94. The summed E-state index contributed by atoms with van der Waals surface area (Å²) in [6, 6.07) is 6.40. The molecule has 6 nitrogen and oxygen atoms in total. The largest absolute Gasteiger partial charge is 0.443 e. The van der Waals surface area contributed by atoms with E-state index in [1.165, 1.54) is 26.3 Å². The third-order valence-corrected chi connectivity index (χ3v) is 5.96. The van der Waals surface area contributed by atoms with E-state index in [2.05, 4.69) is 5.32 Å². The highest BCUT2D eigenvalue weighted by Gasteiger charge is 2.53. The highest BCUT2D eigenvalue weighted by atomic mass is 16.6. The van der Waals surface area contributed by atoms with Gasteiger partial charge in [-0.15, -0.1) is 0 Å². The summed E-state index contributed by atoms with van der Waals surface area (Å²) >= 11 is 0. The first-order valence-electron chi connectivity index (χ1n) is 8.99. The molecule has 1 aromatic carbocycles. The van der Waals surface area contributed by atoms with Gasteiger partial charge in [-0.1, -0.05) is 0 Å². The van der Waals surface area contributed by atoms with Crippen LogP contribution < -0.4 is 5.32 Å². The number of nitrogens with zero attached hydrogens (tertiary/aromatic N) is 1. The summed E-state index contributed by atoms with van der Waals surface area (Å²) in [6.45, 7) is 0. The number of ether oxygens (including phenoxy) is 1. The molecule has 6 heteroatoms. The normalized spacial score (nSPS) is 32.3. The molecule has 25 heavy (non-hydrogen) atoms. The second kappa shape index (κ2) is 6.02. The SMILES string of the molecule is CN(O)C(=O)c1ccc(NC(=O)OC23CC4CC(CC(C4)C2)C3)cc1. The molecule has 4 bridgehead atoms. The third-order valence-electron chi connectivity index (χ3n) is 5.96. The quantitative estimate of drug-likeness (QED) is 0.648. The van der Waals surface area contributed by atoms with Crippen molar-refractivity contribution < 1.29 is 19.5 Å². The van der Waals surface area contributed by atoms with Crippen LogP contribution in [0.5, 0.6) is 0 Å². The van der Waals surface area contributed by atoms with Crippen LogP contribution in [0.3, 0.4) is 0 Å². The van der Waals surface area contributed by atoms with Crippen LogP contribution in [0.15, 0.2) is 24.3 Å². The molecule has 0 atom stereocenters. The zero-order valence-electron chi connectivity index (χ0n) is 14.4. The number of nitrogens with one attached hydrogen (secondary N) is 1. The summed E-state index contributed by atoms with van der Waals surface area (Å²) < 4.78 is 5.91. The van der Waals surface area contributed by atoms with E-state index in [4.69, 9.17) is 4.74 Å². The van der Waals surface area contributed by atoms with Gasteiger partial charge in [0.2, 0.25) is 0 Å². The number of benzene rings is 1. The van der Waals surface area contributed by atoms with E-state index in [0.29, 0.717) is 16.3 Å². The van der Waals surface area contributed by atoms with E-state index in [1.54, 1.807) is 24.3 Å². The fourth-order valence-electron chi connectivity index (χ4n) is 5.38. The van der Waals surface area contributed by atoms with Gasteiger partial charge in [-0.05, 0) is 80.5 Å². The molecule has 5 rings (SSSR count). The third kappa shape index (κ3) is 3.23. The molecule has 0 spiro atoms. The van der Waals surface area contributed by atoms with Crippen LogP contribution in [0.1, 0.15) is 48.9 Å². The van der Waals surface area contributed by atoms with Gasteiger partial charge in [0.1, 0.15) is 5.60 Å². The summed E-state index contributed by atoms with van der Waals surface area (Å²) in [5, 5.41) is 12.5. The van der Waals surface area contributed by atoms with Gasteiger partial charge in [-0.2, -0.15) is 0 Å².